The van der Waals surface area contributed by atoms with Gasteiger partial charge < -0.3 is 5.73 Å². The van der Waals surface area contributed by atoms with Crippen LogP contribution < -0.4 is 5.73 Å². The summed E-state index contributed by atoms with van der Waals surface area (Å²) in [7, 11) is -3.29. The summed E-state index contributed by atoms with van der Waals surface area (Å²) in [5, 5.41) is 8.55. The lowest BCUT2D eigenvalue weighted by Crippen LogP contribution is -1.99. The highest BCUT2D eigenvalue weighted by Crippen LogP contribution is 2.15. The van der Waals surface area contributed by atoms with E-state index in [1.165, 1.54) is 18.2 Å². The van der Waals surface area contributed by atoms with Crippen molar-refractivity contribution < 1.29 is 8.42 Å². The van der Waals surface area contributed by atoms with E-state index in [9.17, 15) is 8.42 Å². The molecule has 0 radical (unpaired) electrons. The van der Waals surface area contributed by atoms with Crippen molar-refractivity contribution in [3.63, 3.8) is 0 Å². The number of hydrogen-bond donors (Lipinski definition) is 1. The summed E-state index contributed by atoms with van der Waals surface area (Å²) < 4.78 is 22.2. The van der Waals surface area contributed by atoms with Crippen molar-refractivity contribution in [2.45, 2.75) is 4.90 Å². The fraction of sp³-hybridized carbons (Fsp3) is 0.125. The Morgan fingerprint density at radius 1 is 1.38 bits per heavy atom. The SMILES string of the molecule is CS(=O)(=O)c1cc(N)cc(C#N)c1. The summed E-state index contributed by atoms with van der Waals surface area (Å²) in [5.41, 5.74) is 5.94. The molecule has 0 atom stereocenters. The summed E-state index contributed by atoms with van der Waals surface area (Å²) in [6.45, 7) is 0. The molecule has 0 saturated carbocycles. The third kappa shape index (κ3) is 2.20. The molecular formula is C8H8N2O2S. The molecule has 5 heteroatoms. The summed E-state index contributed by atoms with van der Waals surface area (Å²) in [4.78, 5) is 0.0732. The number of nitriles is 1. The van der Waals surface area contributed by atoms with Gasteiger partial charge in [0.1, 0.15) is 0 Å². The molecule has 68 valence electrons. The molecule has 13 heavy (non-hydrogen) atoms. The average Bonchev–Trinajstić information content (AvgIpc) is 2.01. The summed E-state index contributed by atoms with van der Waals surface area (Å²) in [6, 6.07) is 5.89. The minimum Gasteiger partial charge on any atom is -0.399 e. The van der Waals surface area contributed by atoms with Gasteiger partial charge in [0.15, 0.2) is 9.84 Å². The Labute approximate surface area is 76.5 Å². The predicted molar refractivity (Wildman–Crippen MR) is 48.7 cm³/mol. The topological polar surface area (TPSA) is 83.9 Å². The van der Waals surface area contributed by atoms with Crippen molar-refractivity contribution in [2.24, 2.45) is 0 Å². The molecule has 1 aromatic rings. The number of anilines is 1. The second-order valence-electron chi connectivity index (χ2n) is 2.67. The molecule has 1 rings (SSSR count). The van der Waals surface area contributed by atoms with Gasteiger partial charge >= 0.3 is 0 Å². The monoisotopic (exact) mass is 196 g/mol. The fourth-order valence-electron chi connectivity index (χ4n) is 0.901. The van der Waals surface area contributed by atoms with Crippen LogP contribution in [-0.2, 0) is 9.84 Å². The van der Waals surface area contributed by atoms with Crippen LogP contribution >= 0.6 is 0 Å². The molecule has 4 nitrogen and oxygen atoms in total. The van der Waals surface area contributed by atoms with Crippen LogP contribution in [0.25, 0.3) is 0 Å². The quantitative estimate of drug-likeness (QED) is 0.664. The van der Waals surface area contributed by atoms with Crippen molar-refractivity contribution in [3.8, 4) is 6.07 Å². The zero-order chi connectivity index (χ0) is 10.1. The summed E-state index contributed by atoms with van der Waals surface area (Å²) in [5.74, 6) is 0. The van der Waals surface area contributed by atoms with Gasteiger partial charge in [0.05, 0.1) is 16.5 Å². The second-order valence-corrected chi connectivity index (χ2v) is 4.69. The fourth-order valence-corrected chi connectivity index (χ4v) is 1.59. The number of nitrogen functional groups attached to an aromatic ring is 1. The van der Waals surface area contributed by atoms with E-state index in [0.29, 0.717) is 0 Å². The number of rotatable bonds is 1. The number of nitrogens with zero attached hydrogens (tertiary/aromatic N) is 1. The van der Waals surface area contributed by atoms with Crippen LogP contribution in [0.3, 0.4) is 0 Å². The highest BCUT2D eigenvalue weighted by atomic mass is 32.2. The van der Waals surface area contributed by atoms with Crippen LogP contribution in [0.1, 0.15) is 5.56 Å². The number of nitrogens with two attached hydrogens (primary N) is 1. The summed E-state index contributed by atoms with van der Waals surface area (Å²) in [6.07, 6.45) is 1.07. The first-order chi connectivity index (χ1) is 5.93. The Morgan fingerprint density at radius 3 is 2.46 bits per heavy atom. The average molecular weight is 196 g/mol. The molecule has 0 aliphatic rings. The zero-order valence-electron chi connectivity index (χ0n) is 6.98. The van der Waals surface area contributed by atoms with E-state index < -0.39 is 9.84 Å². The molecule has 0 aromatic heterocycles. The van der Waals surface area contributed by atoms with Gasteiger partial charge in [-0.05, 0) is 18.2 Å². The number of benzene rings is 1. The highest BCUT2D eigenvalue weighted by molar-refractivity contribution is 7.90. The molecule has 0 amide bonds. The maximum atomic E-state index is 11.1. The molecule has 0 aliphatic carbocycles. The Balaban J connectivity index is 3.44. The first-order valence-electron chi connectivity index (χ1n) is 3.44. The van der Waals surface area contributed by atoms with Crippen LogP contribution in [0.4, 0.5) is 5.69 Å². The van der Waals surface area contributed by atoms with Crippen LogP contribution in [0.15, 0.2) is 23.1 Å². The lowest BCUT2D eigenvalue weighted by atomic mass is 10.2. The third-order valence-corrected chi connectivity index (χ3v) is 2.58. The lowest BCUT2D eigenvalue weighted by Gasteiger charge is -2.00. The van der Waals surface area contributed by atoms with E-state index in [4.69, 9.17) is 11.0 Å². The molecule has 1 aromatic carbocycles. The predicted octanol–water partition coefficient (Wildman–Crippen LogP) is 0.544. The van der Waals surface area contributed by atoms with E-state index in [2.05, 4.69) is 0 Å². The maximum absolute atomic E-state index is 11.1. The molecule has 0 saturated heterocycles. The van der Waals surface area contributed by atoms with E-state index in [1.807, 2.05) is 6.07 Å². The molecule has 0 fully saturated rings. The van der Waals surface area contributed by atoms with Crippen molar-refractivity contribution in [1.29, 1.82) is 5.26 Å². The molecule has 2 N–H and O–H groups in total. The molecule has 0 heterocycles. The van der Waals surface area contributed by atoms with E-state index >= 15 is 0 Å². The zero-order valence-corrected chi connectivity index (χ0v) is 7.80. The standard InChI is InChI=1S/C8H8N2O2S/c1-13(11,12)8-3-6(5-9)2-7(10)4-8/h2-4H,10H2,1H3. The van der Waals surface area contributed by atoms with Gasteiger partial charge in [-0.25, -0.2) is 8.42 Å². The lowest BCUT2D eigenvalue weighted by molar-refractivity contribution is 0.602. The normalized spacial score (nSPS) is 10.8. The van der Waals surface area contributed by atoms with Gasteiger partial charge in [-0.3, -0.25) is 0 Å². The third-order valence-electron chi connectivity index (χ3n) is 1.49. The summed E-state index contributed by atoms with van der Waals surface area (Å²) >= 11 is 0. The first kappa shape index (κ1) is 9.55. The van der Waals surface area contributed by atoms with Crippen molar-refractivity contribution >= 4 is 15.5 Å². The van der Waals surface area contributed by atoms with Gasteiger partial charge in [-0.1, -0.05) is 0 Å². The maximum Gasteiger partial charge on any atom is 0.175 e. The Morgan fingerprint density at radius 2 is 2.00 bits per heavy atom. The largest absolute Gasteiger partial charge is 0.399 e. The first-order valence-corrected chi connectivity index (χ1v) is 5.33. The Bertz CT molecular complexity index is 471. The molecule has 0 unspecified atom stereocenters. The van der Waals surface area contributed by atoms with Crippen LogP contribution in [-0.4, -0.2) is 14.7 Å². The van der Waals surface area contributed by atoms with E-state index in [0.717, 1.165) is 6.26 Å². The smallest absolute Gasteiger partial charge is 0.175 e. The molecular weight excluding hydrogens is 188 g/mol. The minimum atomic E-state index is -3.29. The minimum absolute atomic E-state index is 0.0732. The van der Waals surface area contributed by atoms with Crippen molar-refractivity contribution in [2.75, 3.05) is 12.0 Å². The van der Waals surface area contributed by atoms with Gasteiger partial charge in [0.2, 0.25) is 0 Å². The van der Waals surface area contributed by atoms with E-state index in [-0.39, 0.29) is 16.1 Å². The van der Waals surface area contributed by atoms with Gasteiger partial charge in [0.25, 0.3) is 0 Å². The van der Waals surface area contributed by atoms with Crippen LogP contribution in [0, 0.1) is 11.3 Å². The van der Waals surface area contributed by atoms with Crippen molar-refractivity contribution in [3.05, 3.63) is 23.8 Å². The number of sulfone groups is 1. The van der Waals surface area contributed by atoms with Crippen molar-refractivity contribution in [1.82, 2.24) is 0 Å². The highest BCUT2D eigenvalue weighted by Gasteiger charge is 2.08. The van der Waals surface area contributed by atoms with Gasteiger partial charge in [-0.15, -0.1) is 0 Å². The second kappa shape index (κ2) is 3.07. The van der Waals surface area contributed by atoms with Crippen LogP contribution in [0.5, 0.6) is 0 Å². The van der Waals surface area contributed by atoms with Gasteiger partial charge in [-0.2, -0.15) is 5.26 Å². The number of hydrogen-bond acceptors (Lipinski definition) is 4. The molecule has 0 aliphatic heterocycles. The van der Waals surface area contributed by atoms with Gasteiger partial charge in [0, 0.05) is 11.9 Å². The Kier molecular flexibility index (Phi) is 2.26. The molecule has 0 spiro atoms. The van der Waals surface area contributed by atoms with Crippen LogP contribution in [0.2, 0.25) is 0 Å². The van der Waals surface area contributed by atoms with E-state index in [1.54, 1.807) is 0 Å². The Hall–Kier alpha value is -1.54. The molecule has 0 bridgehead atoms.